The third-order valence-electron chi connectivity index (χ3n) is 3.87. The van der Waals surface area contributed by atoms with Crippen molar-refractivity contribution < 1.29 is 0 Å². The van der Waals surface area contributed by atoms with Crippen LogP contribution >= 0.6 is 15.9 Å². The third kappa shape index (κ3) is 4.60. The van der Waals surface area contributed by atoms with Crippen molar-refractivity contribution >= 4 is 27.5 Å². The van der Waals surface area contributed by atoms with Crippen molar-refractivity contribution in [3.63, 3.8) is 0 Å². The molecule has 9 heteroatoms. The van der Waals surface area contributed by atoms with E-state index in [1.807, 2.05) is 28.9 Å². The number of pyridine rings is 1. The van der Waals surface area contributed by atoms with Gasteiger partial charge in [0.15, 0.2) is 5.96 Å². The monoisotopic (exact) mass is 418 g/mol. The van der Waals surface area contributed by atoms with E-state index in [0.29, 0.717) is 6.54 Å². The molecule has 0 unspecified atom stereocenters. The molecule has 3 aromatic heterocycles. The molecule has 0 fully saturated rings. The van der Waals surface area contributed by atoms with Crippen LogP contribution in [0.2, 0.25) is 0 Å². The lowest BCUT2D eigenvalue weighted by atomic mass is 10.4. The highest BCUT2D eigenvalue weighted by Gasteiger charge is 2.04. The standard InChI is InChI=1S/C17H23BrN8/c1-3-15-24-22-12-25(15)8-7-20-17(19-4-2)21-9-14-11-26-10-13(18)5-6-16(26)23-14/h5-6,10-12H,3-4,7-9H2,1-2H3,(H2,19,20,21). The predicted molar refractivity (Wildman–Crippen MR) is 105 cm³/mol. The van der Waals surface area contributed by atoms with Crippen molar-refractivity contribution in [3.8, 4) is 0 Å². The minimum absolute atomic E-state index is 0.515. The van der Waals surface area contributed by atoms with Crippen LogP contribution in [0.4, 0.5) is 0 Å². The fourth-order valence-corrected chi connectivity index (χ4v) is 2.98. The van der Waals surface area contributed by atoms with Crippen LogP contribution in [0, 0.1) is 0 Å². The minimum Gasteiger partial charge on any atom is -0.357 e. The second-order valence-corrected chi connectivity index (χ2v) is 6.68. The Balaban J connectivity index is 1.60. The van der Waals surface area contributed by atoms with E-state index in [2.05, 4.69) is 65.2 Å². The molecule has 0 bridgehead atoms. The van der Waals surface area contributed by atoms with E-state index in [4.69, 9.17) is 0 Å². The summed E-state index contributed by atoms with van der Waals surface area (Å²) in [5, 5.41) is 14.7. The summed E-state index contributed by atoms with van der Waals surface area (Å²) in [6.07, 6.45) is 6.62. The van der Waals surface area contributed by atoms with Gasteiger partial charge in [-0.2, -0.15) is 0 Å². The zero-order valence-electron chi connectivity index (χ0n) is 15.0. The molecular weight excluding hydrogens is 396 g/mol. The molecular formula is C17H23BrN8. The first-order chi connectivity index (χ1) is 12.7. The lowest BCUT2D eigenvalue weighted by Gasteiger charge is -2.11. The molecule has 26 heavy (non-hydrogen) atoms. The maximum Gasteiger partial charge on any atom is 0.191 e. The largest absolute Gasteiger partial charge is 0.357 e. The summed E-state index contributed by atoms with van der Waals surface area (Å²) < 4.78 is 5.07. The quantitative estimate of drug-likeness (QED) is 0.452. The molecule has 0 saturated carbocycles. The number of halogens is 1. The maximum atomic E-state index is 4.63. The highest BCUT2D eigenvalue weighted by Crippen LogP contribution is 2.12. The van der Waals surface area contributed by atoms with E-state index in [9.17, 15) is 0 Å². The Labute approximate surface area is 160 Å². The SMILES string of the molecule is CCNC(=NCc1cn2cc(Br)ccc2n1)NCCn1cnnc1CC. The van der Waals surface area contributed by atoms with Gasteiger partial charge in [-0.1, -0.05) is 6.92 Å². The minimum atomic E-state index is 0.515. The molecule has 2 N–H and O–H groups in total. The van der Waals surface area contributed by atoms with E-state index in [1.165, 1.54) is 0 Å². The maximum absolute atomic E-state index is 4.63. The Kier molecular flexibility index (Phi) is 6.21. The van der Waals surface area contributed by atoms with Crippen molar-refractivity contribution in [2.45, 2.75) is 33.4 Å². The highest BCUT2D eigenvalue weighted by atomic mass is 79.9. The Morgan fingerprint density at radius 1 is 1.23 bits per heavy atom. The van der Waals surface area contributed by atoms with Crippen LogP contribution in [0.5, 0.6) is 0 Å². The second-order valence-electron chi connectivity index (χ2n) is 5.76. The average molecular weight is 419 g/mol. The summed E-state index contributed by atoms with van der Waals surface area (Å²) >= 11 is 3.47. The molecule has 0 aromatic carbocycles. The first kappa shape index (κ1) is 18.4. The van der Waals surface area contributed by atoms with Crippen molar-refractivity contribution in [1.82, 2.24) is 34.8 Å². The number of aryl methyl sites for hydroxylation is 1. The summed E-state index contributed by atoms with van der Waals surface area (Å²) in [6, 6.07) is 3.96. The molecule has 3 rings (SSSR count). The molecule has 0 saturated heterocycles. The number of fused-ring (bicyclic) bond motifs is 1. The molecule has 0 atom stereocenters. The number of nitrogens with one attached hydrogen (secondary N) is 2. The van der Waals surface area contributed by atoms with Gasteiger partial charge in [0, 0.05) is 42.9 Å². The number of nitrogens with zero attached hydrogens (tertiary/aromatic N) is 6. The Hall–Kier alpha value is -2.42. The molecule has 3 heterocycles. The van der Waals surface area contributed by atoms with E-state index < -0.39 is 0 Å². The van der Waals surface area contributed by atoms with Crippen molar-refractivity contribution in [1.29, 1.82) is 0 Å². The average Bonchev–Trinajstić information content (AvgIpc) is 3.25. The van der Waals surface area contributed by atoms with Crippen LogP contribution in [-0.4, -0.2) is 43.2 Å². The van der Waals surface area contributed by atoms with Gasteiger partial charge in [-0.15, -0.1) is 10.2 Å². The van der Waals surface area contributed by atoms with Gasteiger partial charge in [0.25, 0.3) is 0 Å². The van der Waals surface area contributed by atoms with Gasteiger partial charge in [-0.25, -0.2) is 9.98 Å². The van der Waals surface area contributed by atoms with E-state index in [1.54, 1.807) is 6.33 Å². The predicted octanol–water partition coefficient (Wildman–Crippen LogP) is 2.01. The fraction of sp³-hybridized carbons (Fsp3) is 0.412. The number of aromatic nitrogens is 5. The summed E-state index contributed by atoms with van der Waals surface area (Å²) in [5.41, 5.74) is 1.84. The second kappa shape index (κ2) is 8.79. The molecule has 0 aliphatic rings. The zero-order chi connectivity index (χ0) is 18.4. The smallest absolute Gasteiger partial charge is 0.191 e. The molecule has 138 valence electrons. The first-order valence-electron chi connectivity index (χ1n) is 8.71. The molecule has 0 aliphatic heterocycles. The number of hydrogen-bond acceptors (Lipinski definition) is 4. The van der Waals surface area contributed by atoms with Gasteiger partial charge in [0.1, 0.15) is 17.8 Å². The Bertz CT molecular complexity index is 882. The van der Waals surface area contributed by atoms with E-state index in [-0.39, 0.29) is 0 Å². The van der Waals surface area contributed by atoms with Crippen molar-refractivity contribution in [2.24, 2.45) is 4.99 Å². The van der Waals surface area contributed by atoms with E-state index in [0.717, 1.165) is 53.7 Å². The number of rotatable bonds is 7. The molecule has 0 spiro atoms. The van der Waals surface area contributed by atoms with Crippen molar-refractivity contribution in [2.75, 3.05) is 13.1 Å². The summed E-state index contributed by atoms with van der Waals surface area (Å²) in [6.45, 7) is 6.98. The topological polar surface area (TPSA) is 84.4 Å². The van der Waals surface area contributed by atoms with Crippen LogP contribution < -0.4 is 10.6 Å². The number of hydrogen-bond donors (Lipinski definition) is 2. The fourth-order valence-electron chi connectivity index (χ4n) is 2.63. The Morgan fingerprint density at radius 3 is 2.92 bits per heavy atom. The van der Waals surface area contributed by atoms with Crippen LogP contribution in [0.1, 0.15) is 25.4 Å². The summed E-state index contributed by atoms with van der Waals surface area (Å²) in [5.74, 6) is 1.77. The number of guanidine groups is 1. The highest BCUT2D eigenvalue weighted by molar-refractivity contribution is 9.10. The van der Waals surface area contributed by atoms with Gasteiger partial charge >= 0.3 is 0 Å². The summed E-state index contributed by atoms with van der Waals surface area (Å²) in [4.78, 5) is 9.22. The van der Waals surface area contributed by atoms with Gasteiger partial charge < -0.3 is 19.6 Å². The normalized spacial score (nSPS) is 11.9. The van der Waals surface area contributed by atoms with Gasteiger partial charge in [-0.05, 0) is 35.0 Å². The summed E-state index contributed by atoms with van der Waals surface area (Å²) in [7, 11) is 0. The van der Waals surface area contributed by atoms with Gasteiger partial charge in [0.2, 0.25) is 0 Å². The number of imidazole rings is 1. The molecule has 0 amide bonds. The third-order valence-corrected chi connectivity index (χ3v) is 4.33. The van der Waals surface area contributed by atoms with Crippen LogP contribution in [0.25, 0.3) is 5.65 Å². The zero-order valence-corrected chi connectivity index (χ0v) is 16.6. The van der Waals surface area contributed by atoms with Crippen LogP contribution in [0.15, 0.2) is 40.3 Å². The van der Waals surface area contributed by atoms with E-state index >= 15 is 0 Å². The molecule has 3 aromatic rings. The molecule has 0 aliphatic carbocycles. The number of aliphatic imine (C=N–C) groups is 1. The lowest BCUT2D eigenvalue weighted by molar-refractivity contribution is 0.632. The molecule has 8 nitrogen and oxygen atoms in total. The molecule has 0 radical (unpaired) electrons. The first-order valence-corrected chi connectivity index (χ1v) is 9.51. The van der Waals surface area contributed by atoms with Crippen molar-refractivity contribution in [3.05, 3.63) is 46.8 Å². The van der Waals surface area contributed by atoms with Crippen LogP contribution in [0.3, 0.4) is 0 Å². The van der Waals surface area contributed by atoms with Gasteiger partial charge in [0.05, 0.1) is 12.2 Å². The lowest BCUT2D eigenvalue weighted by Crippen LogP contribution is -2.38. The Morgan fingerprint density at radius 2 is 2.12 bits per heavy atom. The van der Waals surface area contributed by atoms with Gasteiger partial charge in [-0.3, -0.25) is 0 Å². The van der Waals surface area contributed by atoms with Crippen LogP contribution in [-0.2, 0) is 19.5 Å².